The Hall–Kier alpha value is -3.26. The topological polar surface area (TPSA) is 80.6 Å². The molecule has 9 heteroatoms. The standard InChI is InChI=1S/C20H12ClF3O5/c1-8-7-12(26)15(20(27)28-8)11(25)5-3-10-4-6-13(29-10)14-9(2)17(22)19(24)18(23)16(14)21/h3-7,26H,1-2H3/b5-3+. The Morgan fingerprint density at radius 2 is 1.79 bits per heavy atom. The van der Waals surface area contributed by atoms with Crippen LogP contribution in [-0.4, -0.2) is 10.9 Å². The van der Waals surface area contributed by atoms with Crippen molar-refractivity contribution in [1.82, 2.24) is 0 Å². The van der Waals surface area contributed by atoms with E-state index in [0.717, 1.165) is 12.1 Å². The summed E-state index contributed by atoms with van der Waals surface area (Å²) in [4.78, 5) is 23.9. The molecule has 0 amide bonds. The molecule has 1 N–H and O–H groups in total. The van der Waals surface area contributed by atoms with Gasteiger partial charge in [-0.1, -0.05) is 11.6 Å². The van der Waals surface area contributed by atoms with Crippen LogP contribution in [0.2, 0.25) is 5.02 Å². The van der Waals surface area contributed by atoms with Gasteiger partial charge in [0, 0.05) is 17.2 Å². The molecular weight excluding hydrogens is 413 g/mol. The summed E-state index contributed by atoms with van der Waals surface area (Å²) in [6.07, 6.45) is 2.12. The van der Waals surface area contributed by atoms with E-state index in [1.807, 2.05) is 0 Å². The van der Waals surface area contributed by atoms with Gasteiger partial charge in [0.15, 0.2) is 23.2 Å². The number of hydrogen-bond acceptors (Lipinski definition) is 5. The van der Waals surface area contributed by atoms with E-state index in [1.54, 1.807) is 0 Å². The number of rotatable bonds is 4. The smallest absolute Gasteiger partial charge is 0.351 e. The third-order valence-electron chi connectivity index (χ3n) is 4.07. The molecule has 0 fully saturated rings. The van der Waals surface area contributed by atoms with Crippen molar-refractivity contribution in [3.05, 3.63) is 79.8 Å². The van der Waals surface area contributed by atoms with Gasteiger partial charge in [0.2, 0.25) is 0 Å². The highest BCUT2D eigenvalue weighted by molar-refractivity contribution is 6.33. The molecule has 0 spiro atoms. The Morgan fingerprint density at radius 3 is 2.45 bits per heavy atom. The van der Waals surface area contributed by atoms with Crippen LogP contribution in [0.3, 0.4) is 0 Å². The Balaban J connectivity index is 1.95. The summed E-state index contributed by atoms with van der Waals surface area (Å²) in [7, 11) is 0. The lowest BCUT2D eigenvalue weighted by Gasteiger charge is -2.09. The van der Waals surface area contributed by atoms with Crippen LogP contribution in [0, 0.1) is 31.3 Å². The molecule has 2 aromatic heterocycles. The maximum absolute atomic E-state index is 13.8. The number of ketones is 1. The van der Waals surface area contributed by atoms with Crippen molar-refractivity contribution >= 4 is 23.5 Å². The van der Waals surface area contributed by atoms with Crippen molar-refractivity contribution in [3.63, 3.8) is 0 Å². The zero-order valence-electron chi connectivity index (χ0n) is 15.0. The number of benzene rings is 1. The molecular formula is C20H12ClF3O5. The van der Waals surface area contributed by atoms with E-state index in [9.17, 15) is 27.9 Å². The molecule has 3 aromatic rings. The fourth-order valence-electron chi connectivity index (χ4n) is 2.68. The van der Waals surface area contributed by atoms with Gasteiger partial charge in [-0.15, -0.1) is 0 Å². The van der Waals surface area contributed by atoms with Gasteiger partial charge < -0.3 is 13.9 Å². The molecule has 0 saturated carbocycles. The quantitative estimate of drug-likeness (QED) is 0.270. The van der Waals surface area contributed by atoms with E-state index in [1.165, 1.54) is 32.1 Å². The molecule has 0 aliphatic heterocycles. The third kappa shape index (κ3) is 3.71. The van der Waals surface area contributed by atoms with Gasteiger partial charge in [-0.05, 0) is 38.1 Å². The van der Waals surface area contributed by atoms with Gasteiger partial charge in [-0.3, -0.25) is 4.79 Å². The Labute approximate surface area is 166 Å². The number of aryl methyl sites for hydroxylation is 1. The zero-order chi connectivity index (χ0) is 21.5. The van der Waals surface area contributed by atoms with Crippen LogP contribution in [0.5, 0.6) is 5.75 Å². The predicted octanol–water partition coefficient (Wildman–Crippen LogP) is 5.19. The van der Waals surface area contributed by atoms with E-state index in [2.05, 4.69) is 0 Å². The number of aromatic hydroxyl groups is 1. The Morgan fingerprint density at radius 1 is 1.10 bits per heavy atom. The number of carbonyl (C=O) groups is 1. The van der Waals surface area contributed by atoms with Crippen molar-refractivity contribution in [2.24, 2.45) is 0 Å². The van der Waals surface area contributed by atoms with Crippen molar-refractivity contribution < 1.29 is 31.9 Å². The Kier molecular flexibility index (Phi) is 5.39. The van der Waals surface area contributed by atoms with Crippen LogP contribution >= 0.6 is 11.6 Å². The first kappa shape index (κ1) is 20.5. The second kappa shape index (κ2) is 7.63. The molecule has 1 aromatic carbocycles. The molecule has 3 rings (SSSR count). The first-order valence-electron chi connectivity index (χ1n) is 8.10. The van der Waals surface area contributed by atoms with Crippen LogP contribution in [0.1, 0.15) is 27.4 Å². The van der Waals surface area contributed by atoms with Gasteiger partial charge in [-0.2, -0.15) is 0 Å². The number of carbonyl (C=O) groups excluding carboxylic acids is 1. The zero-order valence-corrected chi connectivity index (χ0v) is 15.7. The van der Waals surface area contributed by atoms with Gasteiger partial charge in [0.1, 0.15) is 28.6 Å². The van der Waals surface area contributed by atoms with Gasteiger partial charge in [0.05, 0.1) is 5.02 Å². The summed E-state index contributed by atoms with van der Waals surface area (Å²) in [5.74, 6) is -5.86. The van der Waals surface area contributed by atoms with Crippen LogP contribution < -0.4 is 5.63 Å². The molecule has 0 aliphatic rings. The maximum Gasteiger partial charge on any atom is 0.351 e. The fourth-order valence-corrected chi connectivity index (χ4v) is 2.99. The van der Waals surface area contributed by atoms with Gasteiger partial charge >= 0.3 is 5.63 Å². The summed E-state index contributed by atoms with van der Waals surface area (Å²) >= 11 is 5.79. The molecule has 0 saturated heterocycles. The molecule has 2 heterocycles. The highest BCUT2D eigenvalue weighted by atomic mass is 35.5. The Bertz CT molecular complexity index is 1190. The average molecular weight is 425 g/mol. The molecule has 150 valence electrons. The fraction of sp³-hybridized carbons (Fsp3) is 0.100. The summed E-state index contributed by atoms with van der Waals surface area (Å²) in [6, 6.07) is 3.81. The number of allylic oxidation sites excluding steroid dienone is 1. The minimum Gasteiger partial charge on any atom is -0.507 e. The summed E-state index contributed by atoms with van der Waals surface area (Å²) in [5.41, 5.74) is -1.99. The summed E-state index contributed by atoms with van der Waals surface area (Å²) in [5, 5.41) is 9.12. The van der Waals surface area contributed by atoms with E-state index >= 15 is 0 Å². The summed E-state index contributed by atoms with van der Waals surface area (Å²) in [6.45, 7) is 2.64. The normalized spacial score (nSPS) is 11.4. The van der Waals surface area contributed by atoms with Crippen LogP contribution in [0.15, 0.2) is 37.9 Å². The molecule has 5 nitrogen and oxygen atoms in total. The molecule has 0 atom stereocenters. The number of furan rings is 1. The first-order chi connectivity index (χ1) is 13.6. The maximum atomic E-state index is 13.8. The average Bonchev–Trinajstić information content (AvgIpc) is 3.11. The van der Waals surface area contributed by atoms with Crippen LogP contribution in [0.25, 0.3) is 17.4 Å². The van der Waals surface area contributed by atoms with Crippen LogP contribution in [0.4, 0.5) is 13.2 Å². The minimum absolute atomic E-state index is 0.0601. The van der Waals surface area contributed by atoms with Crippen molar-refractivity contribution in [1.29, 1.82) is 0 Å². The molecule has 0 radical (unpaired) electrons. The molecule has 29 heavy (non-hydrogen) atoms. The number of halogens is 4. The van der Waals surface area contributed by atoms with Crippen molar-refractivity contribution in [3.8, 4) is 17.1 Å². The van der Waals surface area contributed by atoms with Crippen molar-refractivity contribution in [2.45, 2.75) is 13.8 Å². The second-order valence-electron chi connectivity index (χ2n) is 6.06. The molecule has 0 unspecified atom stereocenters. The van der Waals surface area contributed by atoms with Crippen molar-refractivity contribution in [2.75, 3.05) is 0 Å². The van der Waals surface area contributed by atoms with E-state index in [4.69, 9.17) is 20.4 Å². The molecule has 0 bridgehead atoms. The highest BCUT2D eigenvalue weighted by Gasteiger charge is 2.24. The second-order valence-corrected chi connectivity index (χ2v) is 6.44. The summed E-state index contributed by atoms with van der Waals surface area (Å²) < 4.78 is 51.2. The van der Waals surface area contributed by atoms with Crippen LogP contribution in [-0.2, 0) is 0 Å². The van der Waals surface area contributed by atoms with E-state index in [-0.39, 0.29) is 28.4 Å². The lowest BCUT2D eigenvalue weighted by atomic mass is 10.1. The van der Waals surface area contributed by atoms with E-state index in [0.29, 0.717) is 0 Å². The highest BCUT2D eigenvalue weighted by Crippen LogP contribution is 2.37. The van der Waals surface area contributed by atoms with Gasteiger partial charge in [0.25, 0.3) is 0 Å². The monoisotopic (exact) mass is 424 g/mol. The third-order valence-corrected chi connectivity index (χ3v) is 4.43. The number of hydrogen-bond donors (Lipinski definition) is 1. The lowest BCUT2D eigenvalue weighted by molar-refractivity contribution is 0.104. The predicted molar refractivity (Wildman–Crippen MR) is 98.5 cm³/mol. The molecule has 0 aliphatic carbocycles. The largest absolute Gasteiger partial charge is 0.507 e. The van der Waals surface area contributed by atoms with E-state index < -0.39 is 45.2 Å². The lowest BCUT2D eigenvalue weighted by Crippen LogP contribution is -2.12. The minimum atomic E-state index is -1.69. The SMILES string of the molecule is Cc1cc(O)c(C(=O)/C=C/c2ccc(-c3c(C)c(F)c(F)c(F)c3Cl)o2)c(=O)o1. The first-order valence-corrected chi connectivity index (χ1v) is 8.48. The van der Waals surface area contributed by atoms with Gasteiger partial charge in [-0.25, -0.2) is 18.0 Å².